The van der Waals surface area contributed by atoms with Gasteiger partial charge in [0.05, 0.1) is 0 Å². The van der Waals surface area contributed by atoms with Crippen molar-refractivity contribution in [2.75, 3.05) is 6.54 Å². The van der Waals surface area contributed by atoms with Crippen molar-refractivity contribution in [1.82, 2.24) is 20.4 Å². The van der Waals surface area contributed by atoms with Crippen molar-refractivity contribution in [3.8, 4) is 0 Å². The number of hydrogen-bond donors (Lipinski definition) is 1. The van der Waals surface area contributed by atoms with E-state index in [4.69, 9.17) is 0 Å². The summed E-state index contributed by atoms with van der Waals surface area (Å²) in [5.41, 5.74) is 2.09. The second kappa shape index (κ2) is 6.87. The maximum absolute atomic E-state index is 12.0. The molecule has 1 N–H and O–H groups in total. The lowest BCUT2D eigenvalue weighted by atomic mass is 10.1. The summed E-state index contributed by atoms with van der Waals surface area (Å²) in [5.74, 6) is 0.00562. The largest absolute Gasteiger partial charge is 0.346 e. The molecule has 1 aromatic heterocycles. The fraction of sp³-hybridized carbons (Fsp3) is 0.375. The van der Waals surface area contributed by atoms with Crippen molar-refractivity contribution in [3.05, 3.63) is 45.4 Å². The number of nitrogens with zero attached hydrogens (tertiary/aromatic N) is 3. The third kappa shape index (κ3) is 3.92. The molecule has 1 fully saturated rings. The summed E-state index contributed by atoms with van der Waals surface area (Å²) in [5, 5.41) is 11.7. The Morgan fingerprint density at radius 2 is 2.17 bits per heavy atom. The van der Waals surface area contributed by atoms with Crippen LogP contribution in [-0.4, -0.2) is 33.5 Å². The summed E-state index contributed by atoms with van der Waals surface area (Å²) in [6.45, 7) is 3.71. The number of benzene rings is 1. The number of nitrogens with one attached hydrogen (secondary N) is 1. The van der Waals surface area contributed by atoms with Gasteiger partial charge < -0.3 is 10.2 Å². The molecule has 0 bridgehead atoms. The SMILES string of the molecule is Cc1nnc(C(=O)NCc2cccc(CN3CCCC3=O)c2)s1. The first-order chi connectivity index (χ1) is 11.1. The van der Waals surface area contributed by atoms with E-state index in [9.17, 15) is 9.59 Å². The molecular weight excluding hydrogens is 312 g/mol. The fourth-order valence-electron chi connectivity index (χ4n) is 2.58. The quantitative estimate of drug-likeness (QED) is 0.908. The Labute approximate surface area is 138 Å². The van der Waals surface area contributed by atoms with Crippen molar-refractivity contribution < 1.29 is 9.59 Å². The molecule has 2 amide bonds. The molecule has 120 valence electrons. The summed E-state index contributed by atoms with van der Waals surface area (Å²) in [4.78, 5) is 25.6. The van der Waals surface area contributed by atoms with Gasteiger partial charge in [-0.2, -0.15) is 0 Å². The monoisotopic (exact) mass is 330 g/mol. The molecule has 0 atom stereocenters. The van der Waals surface area contributed by atoms with E-state index in [-0.39, 0.29) is 11.8 Å². The van der Waals surface area contributed by atoms with Gasteiger partial charge in [-0.05, 0) is 24.5 Å². The molecule has 0 saturated carbocycles. The van der Waals surface area contributed by atoms with Crippen molar-refractivity contribution in [1.29, 1.82) is 0 Å². The molecule has 0 radical (unpaired) electrons. The average Bonchev–Trinajstić information content (AvgIpc) is 3.15. The van der Waals surface area contributed by atoms with Crippen LogP contribution in [-0.2, 0) is 17.9 Å². The predicted molar refractivity (Wildman–Crippen MR) is 86.9 cm³/mol. The van der Waals surface area contributed by atoms with Crippen LogP contribution in [0.3, 0.4) is 0 Å². The minimum absolute atomic E-state index is 0.212. The molecule has 6 nitrogen and oxygen atoms in total. The molecule has 0 spiro atoms. The summed E-state index contributed by atoms with van der Waals surface area (Å²) in [6, 6.07) is 7.94. The molecule has 0 aliphatic carbocycles. The summed E-state index contributed by atoms with van der Waals surface area (Å²) in [7, 11) is 0. The van der Waals surface area contributed by atoms with Gasteiger partial charge in [0.1, 0.15) is 5.01 Å². The second-order valence-electron chi connectivity index (χ2n) is 5.55. The number of aryl methyl sites for hydroxylation is 1. The molecule has 2 heterocycles. The number of carbonyl (C=O) groups is 2. The second-order valence-corrected chi connectivity index (χ2v) is 6.73. The Balaban J connectivity index is 1.59. The number of aromatic nitrogens is 2. The highest BCUT2D eigenvalue weighted by molar-refractivity contribution is 7.13. The van der Waals surface area contributed by atoms with Crippen LogP contribution in [0.15, 0.2) is 24.3 Å². The number of rotatable bonds is 5. The molecule has 7 heteroatoms. The van der Waals surface area contributed by atoms with E-state index in [1.807, 2.05) is 36.1 Å². The number of hydrogen-bond acceptors (Lipinski definition) is 5. The van der Waals surface area contributed by atoms with E-state index < -0.39 is 0 Å². The smallest absolute Gasteiger partial charge is 0.282 e. The third-order valence-electron chi connectivity index (χ3n) is 3.71. The first-order valence-corrected chi connectivity index (χ1v) is 8.37. The summed E-state index contributed by atoms with van der Waals surface area (Å²) < 4.78 is 0. The summed E-state index contributed by atoms with van der Waals surface area (Å²) in [6.07, 6.45) is 1.59. The van der Waals surface area contributed by atoms with Gasteiger partial charge >= 0.3 is 0 Å². The number of likely N-dealkylation sites (tertiary alicyclic amines) is 1. The molecule has 0 unspecified atom stereocenters. The van der Waals surface area contributed by atoms with E-state index in [2.05, 4.69) is 15.5 Å². The van der Waals surface area contributed by atoms with Crippen LogP contribution in [0.5, 0.6) is 0 Å². The van der Waals surface area contributed by atoms with Crippen molar-refractivity contribution in [2.24, 2.45) is 0 Å². The van der Waals surface area contributed by atoms with E-state index in [1.54, 1.807) is 0 Å². The van der Waals surface area contributed by atoms with Gasteiger partial charge in [-0.15, -0.1) is 10.2 Å². The van der Waals surface area contributed by atoms with Crippen LogP contribution in [0, 0.1) is 6.92 Å². The molecular formula is C16H18N4O2S. The molecule has 1 aromatic carbocycles. The molecule has 1 aliphatic heterocycles. The maximum Gasteiger partial charge on any atom is 0.282 e. The van der Waals surface area contributed by atoms with Gasteiger partial charge in [0.15, 0.2) is 0 Å². The van der Waals surface area contributed by atoms with Crippen LogP contribution >= 0.6 is 11.3 Å². The van der Waals surface area contributed by atoms with Gasteiger partial charge in [0, 0.05) is 26.1 Å². The highest BCUT2D eigenvalue weighted by atomic mass is 32.1. The highest BCUT2D eigenvalue weighted by Crippen LogP contribution is 2.15. The Morgan fingerprint density at radius 1 is 1.35 bits per heavy atom. The Hall–Kier alpha value is -2.28. The minimum atomic E-state index is -0.212. The molecule has 2 aromatic rings. The lowest BCUT2D eigenvalue weighted by Gasteiger charge is -2.16. The zero-order chi connectivity index (χ0) is 16.2. The van der Waals surface area contributed by atoms with E-state index in [0.29, 0.717) is 24.5 Å². The van der Waals surface area contributed by atoms with Gasteiger partial charge in [0.25, 0.3) is 5.91 Å². The van der Waals surface area contributed by atoms with Crippen LogP contribution in [0.25, 0.3) is 0 Å². The molecule has 3 rings (SSSR count). The fourth-order valence-corrected chi connectivity index (χ4v) is 3.18. The molecule has 1 aliphatic rings. The number of amides is 2. The van der Waals surface area contributed by atoms with Crippen molar-refractivity contribution in [2.45, 2.75) is 32.9 Å². The van der Waals surface area contributed by atoms with E-state index >= 15 is 0 Å². The van der Waals surface area contributed by atoms with Crippen LogP contribution in [0.1, 0.15) is 38.8 Å². The summed E-state index contributed by atoms with van der Waals surface area (Å²) >= 11 is 1.28. The highest BCUT2D eigenvalue weighted by Gasteiger charge is 2.20. The van der Waals surface area contributed by atoms with Gasteiger partial charge in [0.2, 0.25) is 10.9 Å². The first kappa shape index (κ1) is 15.6. The topological polar surface area (TPSA) is 75.2 Å². The van der Waals surface area contributed by atoms with Gasteiger partial charge in [-0.1, -0.05) is 35.6 Å². The van der Waals surface area contributed by atoms with E-state index in [0.717, 1.165) is 29.1 Å². The normalized spacial score (nSPS) is 14.3. The Bertz CT molecular complexity index is 728. The molecule has 23 heavy (non-hydrogen) atoms. The standard InChI is InChI=1S/C16H18N4O2S/c1-11-18-19-16(23-11)15(22)17-9-12-4-2-5-13(8-12)10-20-7-3-6-14(20)21/h2,4-5,8H,3,6-7,9-10H2,1H3,(H,17,22). The van der Waals surface area contributed by atoms with Crippen LogP contribution < -0.4 is 5.32 Å². The zero-order valence-corrected chi connectivity index (χ0v) is 13.7. The minimum Gasteiger partial charge on any atom is -0.346 e. The predicted octanol–water partition coefficient (Wildman–Crippen LogP) is 1.90. The average molecular weight is 330 g/mol. The third-order valence-corrected chi connectivity index (χ3v) is 4.55. The van der Waals surface area contributed by atoms with Crippen LogP contribution in [0.4, 0.5) is 0 Å². The van der Waals surface area contributed by atoms with Gasteiger partial charge in [-0.3, -0.25) is 9.59 Å². The first-order valence-electron chi connectivity index (χ1n) is 7.56. The zero-order valence-electron chi connectivity index (χ0n) is 12.9. The molecule has 1 saturated heterocycles. The van der Waals surface area contributed by atoms with Crippen LogP contribution in [0.2, 0.25) is 0 Å². The number of carbonyl (C=O) groups excluding carboxylic acids is 2. The lowest BCUT2D eigenvalue weighted by molar-refractivity contribution is -0.128. The van der Waals surface area contributed by atoms with Crippen molar-refractivity contribution >= 4 is 23.2 Å². The Kier molecular flexibility index (Phi) is 4.66. The maximum atomic E-state index is 12.0. The van der Waals surface area contributed by atoms with Crippen molar-refractivity contribution in [3.63, 3.8) is 0 Å². The lowest BCUT2D eigenvalue weighted by Crippen LogP contribution is -2.24. The van der Waals surface area contributed by atoms with Gasteiger partial charge in [-0.25, -0.2) is 0 Å². The van der Waals surface area contributed by atoms with E-state index in [1.165, 1.54) is 11.3 Å². The Morgan fingerprint density at radius 3 is 2.87 bits per heavy atom.